The monoisotopic (exact) mass is 304 g/mol. The predicted molar refractivity (Wildman–Crippen MR) is 61.3 cm³/mol. The molecule has 0 radical (unpaired) electrons. The molecule has 4 heteroatoms. The highest BCUT2D eigenvalue weighted by molar-refractivity contribution is 14.1. The molecule has 0 spiro atoms. The van der Waals surface area contributed by atoms with Crippen molar-refractivity contribution in [3.63, 3.8) is 0 Å². The average molecular weight is 305 g/mol. The quantitative estimate of drug-likeness (QED) is 0.740. The molecule has 0 amide bonds. The maximum atomic E-state index is 6.06. The lowest BCUT2D eigenvalue weighted by molar-refractivity contribution is 0.880. The largest absolute Gasteiger partial charge is 0.239 e. The summed E-state index contributed by atoms with van der Waals surface area (Å²) in [5.41, 5.74) is 0.909. The molecule has 0 unspecified atom stereocenters. The van der Waals surface area contributed by atoms with Crippen LogP contribution >= 0.6 is 34.2 Å². The van der Waals surface area contributed by atoms with Crippen LogP contribution in [0.5, 0.6) is 0 Å². The fourth-order valence-corrected chi connectivity index (χ4v) is 2.02. The summed E-state index contributed by atoms with van der Waals surface area (Å²) >= 11 is 8.28. The van der Waals surface area contributed by atoms with Gasteiger partial charge in [-0.1, -0.05) is 11.6 Å². The van der Waals surface area contributed by atoms with E-state index < -0.39 is 0 Å². The second kappa shape index (κ2) is 3.67. The van der Waals surface area contributed by atoms with E-state index in [9.17, 15) is 0 Å². The van der Waals surface area contributed by atoms with Crippen LogP contribution in [0.25, 0.3) is 5.69 Å². The summed E-state index contributed by atoms with van der Waals surface area (Å²) in [6, 6.07) is 7.74. The standard InChI is InChI=1S/C9H6ClIN2/c10-8-6-7(11)2-3-9(8)13-5-1-4-12-13/h1-6H. The van der Waals surface area contributed by atoms with Crippen LogP contribution in [0.1, 0.15) is 0 Å². The first-order chi connectivity index (χ1) is 6.27. The molecule has 0 aliphatic rings. The number of hydrogen-bond acceptors (Lipinski definition) is 1. The molecule has 0 aliphatic carbocycles. The van der Waals surface area contributed by atoms with E-state index in [1.807, 2.05) is 30.5 Å². The summed E-state index contributed by atoms with van der Waals surface area (Å²) in [6.45, 7) is 0. The predicted octanol–water partition coefficient (Wildman–Crippen LogP) is 3.13. The molecule has 0 aliphatic heterocycles. The molecule has 2 aromatic rings. The number of aromatic nitrogens is 2. The maximum absolute atomic E-state index is 6.06. The van der Waals surface area contributed by atoms with E-state index >= 15 is 0 Å². The van der Waals surface area contributed by atoms with Gasteiger partial charge in [0.15, 0.2) is 0 Å². The average Bonchev–Trinajstić information content (AvgIpc) is 2.56. The highest BCUT2D eigenvalue weighted by atomic mass is 127. The van der Waals surface area contributed by atoms with Crippen LogP contribution in [-0.4, -0.2) is 9.78 Å². The summed E-state index contributed by atoms with van der Waals surface area (Å²) in [7, 11) is 0. The Bertz CT molecular complexity index is 412. The summed E-state index contributed by atoms with van der Waals surface area (Å²) in [5.74, 6) is 0. The molecule has 66 valence electrons. The first-order valence-corrected chi connectivity index (χ1v) is 5.18. The zero-order valence-electron chi connectivity index (χ0n) is 6.61. The Morgan fingerprint density at radius 1 is 1.38 bits per heavy atom. The lowest BCUT2D eigenvalue weighted by atomic mass is 10.3. The Morgan fingerprint density at radius 3 is 2.85 bits per heavy atom. The fourth-order valence-electron chi connectivity index (χ4n) is 1.08. The van der Waals surface area contributed by atoms with Crippen LogP contribution in [0.3, 0.4) is 0 Å². The molecule has 13 heavy (non-hydrogen) atoms. The lowest BCUT2D eigenvalue weighted by Crippen LogP contribution is -1.94. The lowest BCUT2D eigenvalue weighted by Gasteiger charge is -2.03. The second-order valence-electron chi connectivity index (χ2n) is 2.55. The van der Waals surface area contributed by atoms with Gasteiger partial charge in [-0.2, -0.15) is 5.10 Å². The smallest absolute Gasteiger partial charge is 0.0832 e. The van der Waals surface area contributed by atoms with Crippen molar-refractivity contribution in [3.05, 3.63) is 45.3 Å². The van der Waals surface area contributed by atoms with Gasteiger partial charge >= 0.3 is 0 Å². The van der Waals surface area contributed by atoms with Crippen molar-refractivity contribution in [1.29, 1.82) is 0 Å². The van der Waals surface area contributed by atoms with Crippen LogP contribution < -0.4 is 0 Å². The van der Waals surface area contributed by atoms with Crippen LogP contribution in [0.4, 0.5) is 0 Å². The van der Waals surface area contributed by atoms with Gasteiger partial charge in [0.25, 0.3) is 0 Å². The third-order valence-corrected chi connectivity index (χ3v) is 2.63. The molecule has 1 aromatic carbocycles. The first-order valence-electron chi connectivity index (χ1n) is 3.72. The Morgan fingerprint density at radius 2 is 2.23 bits per heavy atom. The Balaban J connectivity index is 2.53. The Hall–Kier alpha value is -0.550. The molecule has 1 aromatic heterocycles. The molecule has 0 atom stereocenters. The molecular formula is C9H6ClIN2. The highest BCUT2D eigenvalue weighted by Gasteiger charge is 2.02. The number of hydrogen-bond donors (Lipinski definition) is 0. The van der Waals surface area contributed by atoms with E-state index in [0.29, 0.717) is 0 Å². The van der Waals surface area contributed by atoms with Gasteiger partial charge in [0.05, 0.1) is 10.7 Å². The molecule has 0 N–H and O–H groups in total. The molecule has 1 heterocycles. The van der Waals surface area contributed by atoms with Gasteiger partial charge in [0, 0.05) is 16.0 Å². The van der Waals surface area contributed by atoms with Crippen molar-refractivity contribution in [2.24, 2.45) is 0 Å². The van der Waals surface area contributed by atoms with Crippen LogP contribution in [0, 0.1) is 3.57 Å². The van der Waals surface area contributed by atoms with Crippen molar-refractivity contribution < 1.29 is 0 Å². The van der Waals surface area contributed by atoms with Gasteiger partial charge in [-0.05, 0) is 46.9 Å². The Labute approximate surface area is 94.7 Å². The van der Waals surface area contributed by atoms with E-state index in [1.54, 1.807) is 10.9 Å². The first kappa shape index (κ1) is 9.02. The van der Waals surface area contributed by atoms with Gasteiger partial charge < -0.3 is 0 Å². The summed E-state index contributed by atoms with van der Waals surface area (Å²) in [5, 5.41) is 4.82. The molecule has 2 rings (SSSR count). The molecule has 0 fully saturated rings. The number of nitrogens with zero attached hydrogens (tertiary/aromatic N) is 2. The minimum Gasteiger partial charge on any atom is -0.239 e. The third-order valence-electron chi connectivity index (χ3n) is 1.66. The zero-order chi connectivity index (χ0) is 9.26. The molecule has 2 nitrogen and oxygen atoms in total. The van der Waals surface area contributed by atoms with E-state index in [-0.39, 0.29) is 0 Å². The van der Waals surface area contributed by atoms with E-state index in [0.717, 1.165) is 14.3 Å². The van der Waals surface area contributed by atoms with Crippen LogP contribution in [0.2, 0.25) is 5.02 Å². The van der Waals surface area contributed by atoms with E-state index in [4.69, 9.17) is 11.6 Å². The number of halogens is 2. The summed E-state index contributed by atoms with van der Waals surface area (Å²) in [6.07, 6.45) is 3.60. The highest BCUT2D eigenvalue weighted by Crippen LogP contribution is 2.21. The van der Waals surface area contributed by atoms with Gasteiger partial charge in [-0.3, -0.25) is 0 Å². The second-order valence-corrected chi connectivity index (χ2v) is 4.20. The fraction of sp³-hybridized carbons (Fsp3) is 0. The number of rotatable bonds is 1. The zero-order valence-corrected chi connectivity index (χ0v) is 9.53. The van der Waals surface area contributed by atoms with Gasteiger partial charge in [-0.25, -0.2) is 4.68 Å². The molecule has 0 saturated heterocycles. The third kappa shape index (κ3) is 1.86. The SMILES string of the molecule is Clc1cc(I)ccc1-n1cccn1. The normalized spacial score (nSPS) is 10.3. The minimum atomic E-state index is 0.718. The van der Waals surface area contributed by atoms with E-state index in [1.165, 1.54) is 0 Å². The summed E-state index contributed by atoms with van der Waals surface area (Å²) in [4.78, 5) is 0. The summed E-state index contributed by atoms with van der Waals surface area (Å²) < 4.78 is 2.87. The molecule has 0 bridgehead atoms. The minimum absolute atomic E-state index is 0.718. The molecule has 0 saturated carbocycles. The van der Waals surface area contributed by atoms with Crippen molar-refractivity contribution >= 4 is 34.2 Å². The van der Waals surface area contributed by atoms with Crippen molar-refractivity contribution in [3.8, 4) is 5.69 Å². The van der Waals surface area contributed by atoms with Gasteiger partial charge in [0.2, 0.25) is 0 Å². The molecular weight excluding hydrogens is 298 g/mol. The van der Waals surface area contributed by atoms with Crippen LogP contribution in [0.15, 0.2) is 36.7 Å². The van der Waals surface area contributed by atoms with Crippen molar-refractivity contribution in [1.82, 2.24) is 9.78 Å². The Kier molecular flexibility index (Phi) is 2.55. The van der Waals surface area contributed by atoms with Crippen molar-refractivity contribution in [2.45, 2.75) is 0 Å². The van der Waals surface area contributed by atoms with Gasteiger partial charge in [-0.15, -0.1) is 0 Å². The number of benzene rings is 1. The van der Waals surface area contributed by atoms with Gasteiger partial charge in [0.1, 0.15) is 0 Å². The topological polar surface area (TPSA) is 17.8 Å². The van der Waals surface area contributed by atoms with Crippen molar-refractivity contribution in [2.75, 3.05) is 0 Å². The maximum Gasteiger partial charge on any atom is 0.0832 e. The van der Waals surface area contributed by atoms with E-state index in [2.05, 4.69) is 27.7 Å². The van der Waals surface area contributed by atoms with Crippen LogP contribution in [-0.2, 0) is 0 Å².